The molecule has 0 aliphatic rings. The molecule has 116 valence electrons. The Kier molecular flexibility index (Phi) is 4.26. The molecule has 2 aromatic rings. The number of urea groups is 1. The summed E-state index contributed by atoms with van der Waals surface area (Å²) < 4.78 is 37.6. The molecule has 1 heterocycles. The number of carbonyl (C=O) groups excluding carboxylic acids is 1. The Labute approximate surface area is 124 Å². The van der Waals surface area contributed by atoms with E-state index in [-0.39, 0.29) is 15.8 Å². The Morgan fingerprint density at radius 2 is 2.05 bits per heavy atom. The van der Waals surface area contributed by atoms with E-state index < -0.39 is 22.7 Å². The average molecular weight is 332 g/mol. The summed E-state index contributed by atoms with van der Waals surface area (Å²) in [6.45, 7) is 0. The normalized spacial score (nSPS) is 11.0. The van der Waals surface area contributed by atoms with Gasteiger partial charge >= 0.3 is 17.2 Å². The van der Waals surface area contributed by atoms with Crippen LogP contribution in [0.1, 0.15) is 5.56 Å². The number of hydrogen-bond acceptors (Lipinski definition) is 5. The largest absolute Gasteiger partial charge is 0.416 e. The third-order valence-electron chi connectivity index (χ3n) is 2.34. The van der Waals surface area contributed by atoms with E-state index in [0.29, 0.717) is 11.3 Å². The maximum atomic E-state index is 12.5. The molecule has 0 bridgehead atoms. The molecule has 0 unspecified atom stereocenters. The van der Waals surface area contributed by atoms with Crippen molar-refractivity contribution in [2.75, 3.05) is 10.6 Å². The van der Waals surface area contributed by atoms with Gasteiger partial charge in [-0.3, -0.25) is 15.4 Å². The third-order valence-corrected chi connectivity index (χ3v) is 3.21. The number of hydrogen-bond donors (Lipinski definition) is 2. The summed E-state index contributed by atoms with van der Waals surface area (Å²) in [5, 5.41) is 14.5. The summed E-state index contributed by atoms with van der Waals surface area (Å²) in [7, 11) is 0. The molecule has 2 rings (SSSR count). The fourth-order valence-electron chi connectivity index (χ4n) is 1.44. The van der Waals surface area contributed by atoms with Crippen LogP contribution in [0.5, 0.6) is 0 Å². The molecule has 0 aliphatic carbocycles. The van der Waals surface area contributed by atoms with Gasteiger partial charge < -0.3 is 5.32 Å². The van der Waals surface area contributed by atoms with Crippen LogP contribution in [0.15, 0.2) is 30.5 Å². The molecule has 11 heteroatoms. The molecule has 0 atom stereocenters. The number of rotatable bonds is 3. The SMILES string of the molecule is O=C(Nc1cccc(C(F)(F)F)c1)Nc1ncc([N+](=O)[O-])s1. The zero-order chi connectivity index (χ0) is 16.3. The van der Waals surface area contributed by atoms with E-state index in [1.165, 1.54) is 6.07 Å². The van der Waals surface area contributed by atoms with Crippen molar-refractivity contribution in [1.82, 2.24) is 4.98 Å². The topological polar surface area (TPSA) is 97.2 Å². The lowest BCUT2D eigenvalue weighted by Crippen LogP contribution is -2.19. The minimum Gasteiger partial charge on any atom is -0.308 e. The van der Waals surface area contributed by atoms with Crippen molar-refractivity contribution in [3.8, 4) is 0 Å². The Balaban J connectivity index is 2.04. The highest BCUT2D eigenvalue weighted by atomic mass is 32.1. The summed E-state index contributed by atoms with van der Waals surface area (Å²) in [5.41, 5.74) is -0.978. The molecule has 22 heavy (non-hydrogen) atoms. The first-order valence-corrected chi connectivity index (χ1v) is 6.43. The zero-order valence-corrected chi connectivity index (χ0v) is 11.4. The van der Waals surface area contributed by atoms with Gasteiger partial charge in [-0.05, 0) is 29.5 Å². The van der Waals surface area contributed by atoms with Crippen LogP contribution in [-0.2, 0) is 6.18 Å². The average Bonchev–Trinajstić information content (AvgIpc) is 2.86. The number of nitrogens with one attached hydrogen (secondary N) is 2. The van der Waals surface area contributed by atoms with Gasteiger partial charge in [0.2, 0.25) is 0 Å². The van der Waals surface area contributed by atoms with E-state index in [1.54, 1.807) is 0 Å². The van der Waals surface area contributed by atoms with Gasteiger partial charge in [-0.2, -0.15) is 13.2 Å². The molecule has 2 N–H and O–H groups in total. The van der Waals surface area contributed by atoms with Crippen LogP contribution in [0, 0.1) is 10.1 Å². The van der Waals surface area contributed by atoms with Gasteiger partial charge in [0.05, 0.1) is 10.5 Å². The van der Waals surface area contributed by atoms with Gasteiger partial charge in [-0.15, -0.1) is 0 Å². The smallest absolute Gasteiger partial charge is 0.308 e. The van der Waals surface area contributed by atoms with Crippen molar-refractivity contribution in [2.45, 2.75) is 6.18 Å². The molecule has 0 fully saturated rings. The number of aromatic nitrogens is 1. The van der Waals surface area contributed by atoms with Gasteiger partial charge in [0.15, 0.2) is 5.13 Å². The second-order valence-electron chi connectivity index (χ2n) is 3.92. The number of anilines is 2. The van der Waals surface area contributed by atoms with Crippen molar-refractivity contribution in [3.63, 3.8) is 0 Å². The Hall–Kier alpha value is -2.69. The minimum absolute atomic E-state index is 0.0452. The molecule has 1 aromatic carbocycles. The summed E-state index contributed by atoms with van der Waals surface area (Å²) in [5.74, 6) is 0. The van der Waals surface area contributed by atoms with Gasteiger partial charge in [-0.25, -0.2) is 9.78 Å². The van der Waals surface area contributed by atoms with E-state index in [1.807, 2.05) is 0 Å². The lowest BCUT2D eigenvalue weighted by Gasteiger charge is -2.09. The molecule has 0 saturated carbocycles. The minimum atomic E-state index is -4.52. The number of amides is 2. The standard InChI is InChI=1S/C11H7F3N4O3S/c12-11(13,14)6-2-1-3-7(4-6)16-9(19)17-10-15-5-8(22-10)18(20)21/h1-5H,(H2,15,16,17,19). The number of carbonyl (C=O) groups is 1. The summed E-state index contributed by atoms with van der Waals surface area (Å²) in [4.78, 5) is 25.0. The Morgan fingerprint density at radius 3 is 2.64 bits per heavy atom. The van der Waals surface area contributed by atoms with Gasteiger partial charge in [-0.1, -0.05) is 6.07 Å². The molecule has 1 aromatic heterocycles. The second-order valence-corrected chi connectivity index (χ2v) is 4.93. The quantitative estimate of drug-likeness (QED) is 0.661. The summed E-state index contributed by atoms with van der Waals surface area (Å²) >= 11 is 0.625. The first-order valence-electron chi connectivity index (χ1n) is 5.61. The lowest BCUT2D eigenvalue weighted by atomic mass is 10.2. The maximum absolute atomic E-state index is 12.5. The highest BCUT2D eigenvalue weighted by Crippen LogP contribution is 2.30. The molecule has 0 radical (unpaired) electrons. The maximum Gasteiger partial charge on any atom is 0.416 e. The zero-order valence-electron chi connectivity index (χ0n) is 10.5. The van der Waals surface area contributed by atoms with Crippen LogP contribution < -0.4 is 10.6 Å². The number of halogens is 3. The molecule has 0 saturated heterocycles. The summed E-state index contributed by atoms with van der Waals surface area (Å²) in [6, 6.07) is 3.20. The van der Waals surface area contributed by atoms with Crippen LogP contribution in [0.4, 0.5) is 33.8 Å². The van der Waals surface area contributed by atoms with Crippen molar-refractivity contribution in [3.05, 3.63) is 46.1 Å². The second kappa shape index (κ2) is 5.97. The van der Waals surface area contributed by atoms with Gasteiger partial charge in [0.1, 0.15) is 6.20 Å². The lowest BCUT2D eigenvalue weighted by molar-refractivity contribution is -0.380. The van der Waals surface area contributed by atoms with E-state index in [9.17, 15) is 28.1 Å². The third kappa shape index (κ3) is 3.91. The number of nitrogens with zero attached hydrogens (tertiary/aromatic N) is 2. The Bertz CT molecular complexity index is 717. The summed E-state index contributed by atoms with van der Waals surface area (Å²) in [6.07, 6.45) is -3.56. The highest BCUT2D eigenvalue weighted by molar-refractivity contribution is 7.18. The van der Waals surface area contributed by atoms with Crippen molar-refractivity contribution in [2.24, 2.45) is 0 Å². The molecule has 2 amide bonds. The molecular weight excluding hydrogens is 325 g/mol. The predicted octanol–water partition coefficient (Wildman–Crippen LogP) is 3.71. The van der Waals surface area contributed by atoms with Crippen LogP contribution in [0.3, 0.4) is 0 Å². The number of nitro groups is 1. The van der Waals surface area contributed by atoms with E-state index >= 15 is 0 Å². The highest BCUT2D eigenvalue weighted by Gasteiger charge is 2.30. The number of alkyl halides is 3. The molecule has 0 aliphatic heterocycles. The van der Waals surface area contributed by atoms with Gasteiger partial charge in [0.25, 0.3) is 0 Å². The van der Waals surface area contributed by atoms with Crippen LogP contribution in [-0.4, -0.2) is 15.9 Å². The van der Waals surface area contributed by atoms with Crippen LogP contribution >= 0.6 is 11.3 Å². The first-order chi connectivity index (χ1) is 10.3. The van der Waals surface area contributed by atoms with Crippen molar-refractivity contribution >= 4 is 33.2 Å². The van der Waals surface area contributed by atoms with Crippen molar-refractivity contribution in [1.29, 1.82) is 0 Å². The molecular formula is C11H7F3N4O3S. The van der Waals surface area contributed by atoms with Crippen molar-refractivity contribution < 1.29 is 22.9 Å². The monoisotopic (exact) mass is 332 g/mol. The number of benzene rings is 1. The van der Waals surface area contributed by atoms with Gasteiger partial charge in [0, 0.05) is 5.69 Å². The molecule has 7 nitrogen and oxygen atoms in total. The fraction of sp³-hybridized carbons (Fsp3) is 0.0909. The molecule has 0 spiro atoms. The Morgan fingerprint density at radius 1 is 1.32 bits per heavy atom. The predicted molar refractivity (Wildman–Crippen MR) is 72.9 cm³/mol. The van der Waals surface area contributed by atoms with E-state index in [0.717, 1.165) is 24.4 Å². The van der Waals surface area contributed by atoms with Crippen LogP contribution in [0.2, 0.25) is 0 Å². The van der Waals surface area contributed by atoms with E-state index in [4.69, 9.17) is 0 Å². The first kappa shape index (κ1) is 15.7. The van der Waals surface area contributed by atoms with Crippen LogP contribution in [0.25, 0.3) is 0 Å². The van der Waals surface area contributed by atoms with E-state index in [2.05, 4.69) is 15.6 Å². The number of thiazole rings is 1. The fourth-order valence-corrected chi connectivity index (χ4v) is 2.07.